The second kappa shape index (κ2) is 8.25. The van der Waals surface area contributed by atoms with Gasteiger partial charge in [0.05, 0.1) is 23.6 Å². The van der Waals surface area contributed by atoms with E-state index in [1.807, 2.05) is 26.0 Å². The smallest absolute Gasteiger partial charge is 0.200 e. The summed E-state index contributed by atoms with van der Waals surface area (Å²) in [5.41, 5.74) is 2.10. The quantitative estimate of drug-likeness (QED) is 0.702. The van der Waals surface area contributed by atoms with Crippen molar-refractivity contribution in [2.75, 3.05) is 7.11 Å². The molecule has 0 aliphatic rings. The summed E-state index contributed by atoms with van der Waals surface area (Å²) < 4.78 is 10.9. The molecule has 0 aliphatic heterocycles. The number of benzene rings is 2. The number of methoxy groups -OCH3 is 1. The highest BCUT2D eigenvalue weighted by Gasteiger charge is 2.15. The van der Waals surface area contributed by atoms with E-state index >= 15 is 0 Å². The molecule has 0 atom stereocenters. The fraction of sp³-hybridized carbons (Fsp3) is 0.250. The van der Waals surface area contributed by atoms with Crippen LogP contribution in [0.25, 0.3) is 22.1 Å². The highest BCUT2D eigenvalue weighted by Crippen LogP contribution is 2.28. The minimum Gasteiger partial charge on any atom is -0.507 e. The largest absolute Gasteiger partial charge is 0.507 e. The lowest BCUT2D eigenvalue weighted by Crippen LogP contribution is -2.22. The molecule has 0 unspecified atom stereocenters. The Morgan fingerprint density at radius 2 is 1.85 bits per heavy atom. The summed E-state index contributed by atoms with van der Waals surface area (Å²) in [4.78, 5) is 12.9. The average Bonchev–Trinajstić information content (AvgIpc) is 2.61. The number of hydrogen-bond donors (Lipinski definition) is 2. The number of phenolic OH excluding ortho intramolecular Hbond substituents is 1. The SMILES string of the molecule is COc1ccc(-c2coc3c(CNC(C)C)c(O)ccc3c2=O)cc1.Cl. The molecule has 0 aliphatic carbocycles. The van der Waals surface area contributed by atoms with Crippen molar-refractivity contribution < 1.29 is 14.3 Å². The van der Waals surface area contributed by atoms with E-state index in [9.17, 15) is 9.90 Å². The van der Waals surface area contributed by atoms with Gasteiger partial charge in [-0.2, -0.15) is 0 Å². The molecule has 0 radical (unpaired) electrons. The number of phenols is 1. The van der Waals surface area contributed by atoms with Crippen molar-refractivity contribution in [1.82, 2.24) is 5.32 Å². The molecular weight excluding hydrogens is 354 g/mol. The van der Waals surface area contributed by atoms with Gasteiger partial charge in [0.25, 0.3) is 0 Å². The first kappa shape index (κ1) is 19.8. The number of ether oxygens (including phenoxy) is 1. The van der Waals surface area contributed by atoms with Crippen molar-refractivity contribution in [2.24, 2.45) is 0 Å². The van der Waals surface area contributed by atoms with Crippen molar-refractivity contribution in [3.05, 3.63) is 58.4 Å². The fourth-order valence-electron chi connectivity index (χ4n) is 2.69. The van der Waals surface area contributed by atoms with Gasteiger partial charge in [0.2, 0.25) is 5.43 Å². The normalized spacial score (nSPS) is 10.8. The Morgan fingerprint density at radius 3 is 2.46 bits per heavy atom. The van der Waals surface area contributed by atoms with Crippen molar-refractivity contribution in [3.8, 4) is 22.6 Å². The minimum atomic E-state index is -0.128. The summed E-state index contributed by atoms with van der Waals surface area (Å²) in [5.74, 6) is 0.835. The zero-order valence-electron chi connectivity index (χ0n) is 14.9. The van der Waals surface area contributed by atoms with E-state index < -0.39 is 0 Å². The summed E-state index contributed by atoms with van der Waals surface area (Å²) in [6.07, 6.45) is 1.45. The lowest BCUT2D eigenvalue weighted by Gasteiger charge is -2.12. The maximum atomic E-state index is 12.9. The molecule has 2 N–H and O–H groups in total. The first-order valence-corrected chi connectivity index (χ1v) is 8.15. The minimum absolute atomic E-state index is 0. The standard InChI is InChI=1S/C20H21NO4.ClH/c1-12(2)21-10-16-18(22)9-8-15-19(23)17(11-25-20(15)16)13-4-6-14(24-3)7-5-13;/h4-9,11-12,21-22H,10H2,1-3H3;1H. The molecule has 0 spiro atoms. The third-order valence-corrected chi connectivity index (χ3v) is 4.11. The van der Waals surface area contributed by atoms with Gasteiger partial charge >= 0.3 is 0 Å². The van der Waals surface area contributed by atoms with Crippen LogP contribution in [0.3, 0.4) is 0 Å². The van der Waals surface area contributed by atoms with Gasteiger partial charge in [0.1, 0.15) is 23.3 Å². The highest BCUT2D eigenvalue weighted by molar-refractivity contribution is 5.86. The van der Waals surface area contributed by atoms with Gasteiger partial charge in [-0.3, -0.25) is 4.79 Å². The number of hydrogen-bond acceptors (Lipinski definition) is 5. The van der Waals surface area contributed by atoms with Gasteiger partial charge < -0.3 is 19.6 Å². The molecular formula is C20H22ClNO4. The first-order valence-electron chi connectivity index (χ1n) is 8.15. The van der Waals surface area contributed by atoms with Gasteiger partial charge in [-0.25, -0.2) is 0 Å². The van der Waals surface area contributed by atoms with Gasteiger partial charge in [-0.05, 0) is 29.8 Å². The highest BCUT2D eigenvalue weighted by atomic mass is 35.5. The molecule has 0 saturated carbocycles. The van der Waals surface area contributed by atoms with Crippen molar-refractivity contribution >= 4 is 23.4 Å². The summed E-state index contributed by atoms with van der Waals surface area (Å²) in [5, 5.41) is 13.8. The fourth-order valence-corrected chi connectivity index (χ4v) is 2.69. The predicted molar refractivity (Wildman–Crippen MR) is 105 cm³/mol. The van der Waals surface area contributed by atoms with E-state index in [1.165, 1.54) is 12.3 Å². The molecule has 138 valence electrons. The van der Waals surface area contributed by atoms with E-state index in [0.717, 1.165) is 11.3 Å². The lowest BCUT2D eigenvalue weighted by atomic mass is 10.0. The van der Waals surface area contributed by atoms with Crippen molar-refractivity contribution in [2.45, 2.75) is 26.4 Å². The van der Waals surface area contributed by atoms with E-state index in [0.29, 0.717) is 28.6 Å². The lowest BCUT2D eigenvalue weighted by molar-refractivity contribution is 0.415. The molecule has 1 aromatic heterocycles. The zero-order chi connectivity index (χ0) is 18.0. The molecule has 0 bridgehead atoms. The average molecular weight is 376 g/mol. The monoisotopic (exact) mass is 375 g/mol. The number of aromatic hydroxyl groups is 1. The van der Waals surface area contributed by atoms with Crippen molar-refractivity contribution in [3.63, 3.8) is 0 Å². The maximum absolute atomic E-state index is 12.9. The van der Waals surface area contributed by atoms with Crippen LogP contribution in [0.5, 0.6) is 11.5 Å². The van der Waals surface area contributed by atoms with Crippen LogP contribution in [0, 0.1) is 0 Å². The third kappa shape index (κ3) is 3.84. The number of nitrogens with one attached hydrogen (secondary N) is 1. The Balaban J connectivity index is 0.00000243. The second-order valence-electron chi connectivity index (χ2n) is 6.18. The van der Waals surface area contributed by atoms with Crippen LogP contribution in [0.2, 0.25) is 0 Å². The molecule has 0 fully saturated rings. The number of rotatable bonds is 5. The zero-order valence-corrected chi connectivity index (χ0v) is 15.7. The van der Waals surface area contributed by atoms with E-state index in [-0.39, 0.29) is 29.6 Å². The molecule has 6 heteroatoms. The van der Waals surface area contributed by atoms with E-state index in [1.54, 1.807) is 25.3 Å². The Kier molecular flexibility index (Phi) is 6.29. The van der Waals surface area contributed by atoms with Crippen LogP contribution in [0.15, 0.2) is 51.9 Å². The summed E-state index contributed by atoms with van der Waals surface area (Å²) in [7, 11) is 1.60. The van der Waals surface area contributed by atoms with Gasteiger partial charge in [-0.15, -0.1) is 12.4 Å². The van der Waals surface area contributed by atoms with E-state index in [2.05, 4.69) is 5.32 Å². The van der Waals surface area contributed by atoms with Gasteiger partial charge in [-0.1, -0.05) is 26.0 Å². The Hall–Kier alpha value is -2.50. The van der Waals surface area contributed by atoms with Crippen LogP contribution in [-0.2, 0) is 6.54 Å². The van der Waals surface area contributed by atoms with Crippen LogP contribution in [0.4, 0.5) is 0 Å². The molecule has 5 nitrogen and oxygen atoms in total. The maximum Gasteiger partial charge on any atom is 0.200 e. The summed E-state index contributed by atoms with van der Waals surface area (Å²) in [6, 6.07) is 10.6. The van der Waals surface area contributed by atoms with Crippen LogP contribution in [0.1, 0.15) is 19.4 Å². The Labute approximate surface area is 158 Å². The Bertz CT molecular complexity index is 948. The Morgan fingerprint density at radius 1 is 1.15 bits per heavy atom. The van der Waals surface area contributed by atoms with E-state index in [4.69, 9.17) is 9.15 Å². The molecule has 2 aromatic carbocycles. The molecule has 3 rings (SSSR count). The van der Waals surface area contributed by atoms with Crippen molar-refractivity contribution in [1.29, 1.82) is 0 Å². The van der Waals surface area contributed by atoms with Gasteiger partial charge in [0, 0.05) is 12.6 Å². The molecule has 26 heavy (non-hydrogen) atoms. The number of halogens is 1. The third-order valence-electron chi connectivity index (χ3n) is 4.11. The van der Waals surface area contributed by atoms with Crippen LogP contribution < -0.4 is 15.5 Å². The summed E-state index contributed by atoms with van der Waals surface area (Å²) >= 11 is 0. The first-order chi connectivity index (χ1) is 12.0. The number of fused-ring (bicyclic) bond motifs is 1. The second-order valence-corrected chi connectivity index (χ2v) is 6.18. The molecule has 0 amide bonds. The molecule has 3 aromatic rings. The van der Waals surface area contributed by atoms with Crippen LogP contribution >= 0.6 is 12.4 Å². The van der Waals surface area contributed by atoms with Crippen LogP contribution in [-0.4, -0.2) is 18.3 Å². The predicted octanol–water partition coefficient (Wildman–Crippen LogP) is 4.09. The molecule has 1 heterocycles. The van der Waals surface area contributed by atoms with Gasteiger partial charge in [0.15, 0.2) is 0 Å². The summed E-state index contributed by atoms with van der Waals surface area (Å²) in [6.45, 7) is 4.45. The molecule has 0 saturated heterocycles. The topological polar surface area (TPSA) is 71.7 Å².